The average Bonchev–Trinajstić information content (AvgIpc) is 3.23. The van der Waals surface area contributed by atoms with Gasteiger partial charge in [0.2, 0.25) is 0 Å². The molecule has 1 saturated carbocycles. The van der Waals surface area contributed by atoms with Crippen LogP contribution in [0.25, 0.3) is 0 Å². The molecule has 2 aliphatic rings. The second-order valence-corrected chi connectivity index (χ2v) is 5.28. The summed E-state index contributed by atoms with van der Waals surface area (Å²) in [6.07, 6.45) is 10.9. The van der Waals surface area contributed by atoms with Crippen molar-refractivity contribution in [2.24, 2.45) is 0 Å². The molecule has 0 amide bonds. The number of nitrogens with one attached hydrogen (secondary N) is 1. The van der Waals surface area contributed by atoms with Crippen LogP contribution in [-0.4, -0.2) is 12.1 Å². The van der Waals surface area contributed by atoms with E-state index in [4.69, 9.17) is 4.74 Å². The molecule has 0 heterocycles. The third-order valence-electron chi connectivity index (χ3n) is 3.62. The summed E-state index contributed by atoms with van der Waals surface area (Å²) in [5.74, 6) is 1.04. The number of hydrogen-bond acceptors (Lipinski definition) is 2. The average molecular weight is 243 g/mol. The molecule has 0 spiro atoms. The lowest BCUT2D eigenvalue weighted by Gasteiger charge is -2.20. The van der Waals surface area contributed by atoms with Gasteiger partial charge in [-0.15, -0.1) is 0 Å². The summed E-state index contributed by atoms with van der Waals surface area (Å²) >= 11 is 0. The molecule has 1 fully saturated rings. The third-order valence-corrected chi connectivity index (χ3v) is 3.62. The van der Waals surface area contributed by atoms with Crippen LogP contribution in [0.4, 0.5) is 0 Å². The van der Waals surface area contributed by atoms with Crippen LogP contribution in [-0.2, 0) is 6.54 Å². The Morgan fingerprint density at radius 1 is 1.17 bits per heavy atom. The van der Waals surface area contributed by atoms with E-state index in [0.29, 0.717) is 0 Å². The first kappa shape index (κ1) is 11.8. The van der Waals surface area contributed by atoms with Gasteiger partial charge in [0.05, 0.1) is 0 Å². The Bertz CT molecular complexity index is 423. The summed E-state index contributed by atoms with van der Waals surface area (Å²) in [7, 11) is 0. The molecule has 18 heavy (non-hydrogen) atoms. The second kappa shape index (κ2) is 5.57. The zero-order valence-electron chi connectivity index (χ0n) is 10.8. The molecule has 96 valence electrons. The van der Waals surface area contributed by atoms with Crippen molar-refractivity contribution >= 4 is 0 Å². The van der Waals surface area contributed by atoms with Gasteiger partial charge in [0.25, 0.3) is 0 Å². The molecule has 3 rings (SSSR count). The molecule has 1 aromatic carbocycles. The van der Waals surface area contributed by atoms with E-state index in [2.05, 4.69) is 41.7 Å². The van der Waals surface area contributed by atoms with Crippen LogP contribution in [0.5, 0.6) is 5.75 Å². The van der Waals surface area contributed by atoms with E-state index in [1.807, 2.05) is 0 Å². The van der Waals surface area contributed by atoms with Gasteiger partial charge in [-0.2, -0.15) is 0 Å². The lowest BCUT2D eigenvalue weighted by molar-refractivity contribution is 0.227. The molecule has 0 saturated heterocycles. The van der Waals surface area contributed by atoms with E-state index in [-0.39, 0.29) is 6.10 Å². The van der Waals surface area contributed by atoms with Gasteiger partial charge in [0.1, 0.15) is 11.9 Å². The molecule has 1 atom stereocenters. The van der Waals surface area contributed by atoms with Gasteiger partial charge in [-0.05, 0) is 44.2 Å². The first-order valence-electron chi connectivity index (χ1n) is 7.06. The summed E-state index contributed by atoms with van der Waals surface area (Å²) < 4.78 is 6.11. The minimum Gasteiger partial charge on any atom is -0.486 e. The molecule has 2 aliphatic carbocycles. The number of allylic oxidation sites excluding steroid dienone is 1. The fourth-order valence-corrected chi connectivity index (χ4v) is 2.35. The maximum atomic E-state index is 6.11. The van der Waals surface area contributed by atoms with E-state index in [9.17, 15) is 0 Å². The minimum atomic E-state index is 0.265. The van der Waals surface area contributed by atoms with Crippen LogP contribution < -0.4 is 10.1 Å². The number of rotatable bonds is 5. The highest BCUT2D eigenvalue weighted by Crippen LogP contribution is 2.25. The Morgan fingerprint density at radius 2 is 2.06 bits per heavy atom. The highest BCUT2D eigenvalue weighted by Gasteiger charge is 2.20. The van der Waals surface area contributed by atoms with Crippen LogP contribution in [0.15, 0.2) is 36.4 Å². The fourth-order valence-electron chi connectivity index (χ4n) is 2.35. The lowest BCUT2D eigenvalue weighted by atomic mass is 10.1. The molecule has 0 radical (unpaired) electrons. The SMILES string of the molecule is C1=CC(Oc2ccccc2CNC2CC2)CCC1. The Hall–Kier alpha value is -1.28. The maximum absolute atomic E-state index is 6.11. The number of ether oxygens (including phenoxy) is 1. The van der Waals surface area contributed by atoms with Crippen LogP contribution in [0.2, 0.25) is 0 Å². The highest BCUT2D eigenvalue weighted by molar-refractivity contribution is 5.34. The van der Waals surface area contributed by atoms with Crippen LogP contribution in [0.1, 0.15) is 37.7 Å². The van der Waals surface area contributed by atoms with E-state index in [0.717, 1.165) is 24.8 Å². The van der Waals surface area contributed by atoms with Crippen molar-refractivity contribution in [1.29, 1.82) is 0 Å². The summed E-state index contributed by atoms with van der Waals surface area (Å²) in [4.78, 5) is 0. The Labute approximate surface area is 109 Å². The molecule has 0 aromatic heterocycles. The van der Waals surface area contributed by atoms with E-state index >= 15 is 0 Å². The molecule has 2 heteroatoms. The highest BCUT2D eigenvalue weighted by atomic mass is 16.5. The zero-order chi connectivity index (χ0) is 12.2. The molecule has 0 aliphatic heterocycles. The van der Waals surface area contributed by atoms with Gasteiger partial charge in [-0.3, -0.25) is 0 Å². The smallest absolute Gasteiger partial charge is 0.124 e. The quantitative estimate of drug-likeness (QED) is 0.800. The fraction of sp³-hybridized carbons (Fsp3) is 0.500. The van der Waals surface area contributed by atoms with Crippen molar-refractivity contribution < 1.29 is 4.74 Å². The molecule has 1 aromatic rings. The lowest BCUT2D eigenvalue weighted by Crippen LogP contribution is -2.19. The second-order valence-electron chi connectivity index (χ2n) is 5.28. The van der Waals surface area contributed by atoms with Crippen LogP contribution in [0, 0.1) is 0 Å². The van der Waals surface area contributed by atoms with Crippen LogP contribution >= 0.6 is 0 Å². The van der Waals surface area contributed by atoms with Crippen molar-refractivity contribution in [3.05, 3.63) is 42.0 Å². The van der Waals surface area contributed by atoms with Crippen molar-refractivity contribution in [2.75, 3.05) is 0 Å². The Kier molecular flexibility index (Phi) is 3.65. The molecule has 1 unspecified atom stereocenters. The van der Waals surface area contributed by atoms with E-state index < -0.39 is 0 Å². The minimum absolute atomic E-state index is 0.265. The topological polar surface area (TPSA) is 21.3 Å². The summed E-state index contributed by atoms with van der Waals surface area (Å²) in [6, 6.07) is 9.15. The van der Waals surface area contributed by atoms with Gasteiger partial charge in [-0.25, -0.2) is 0 Å². The van der Waals surface area contributed by atoms with E-state index in [1.54, 1.807) is 0 Å². The number of benzene rings is 1. The van der Waals surface area contributed by atoms with Gasteiger partial charge >= 0.3 is 0 Å². The van der Waals surface area contributed by atoms with Gasteiger partial charge in [0, 0.05) is 18.2 Å². The molecular formula is C16H21NO. The van der Waals surface area contributed by atoms with Crippen molar-refractivity contribution in [1.82, 2.24) is 5.32 Å². The van der Waals surface area contributed by atoms with Crippen molar-refractivity contribution in [2.45, 2.75) is 50.8 Å². The predicted molar refractivity (Wildman–Crippen MR) is 73.7 cm³/mol. The monoisotopic (exact) mass is 243 g/mol. The van der Waals surface area contributed by atoms with Gasteiger partial charge in [-0.1, -0.05) is 24.3 Å². The summed E-state index contributed by atoms with van der Waals surface area (Å²) in [5, 5.41) is 3.55. The number of hydrogen-bond donors (Lipinski definition) is 1. The maximum Gasteiger partial charge on any atom is 0.124 e. The van der Waals surface area contributed by atoms with Gasteiger partial charge < -0.3 is 10.1 Å². The largest absolute Gasteiger partial charge is 0.486 e. The Morgan fingerprint density at radius 3 is 2.83 bits per heavy atom. The molecule has 2 nitrogen and oxygen atoms in total. The standard InChI is InChI=1S/C16H21NO/c1-2-7-15(8-3-1)18-16-9-5-4-6-13(16)12-17-14-10-11-14/h2,4-7,9,14-15,17H,1,3,8,10-12H2. The number of para-hydroxylation sites is 1. The first-order valence-corrected chi connectivity index (χ1v) is 7.06. The first-order chi connectivity index (χ1) is 8.92. The summed E-state index contributed by atoms with van der Waals surface area (Å²) in [6.45, 7) is 0.928. The summed E-state index contributed by atoms with van der Waals surface area (Å²) in [5.41, 5.74) is 1.28. The van der Waals surface area contributed by atoms with Crippen LogP contribution in [0.3, 0.4) is 0 Å². The molecule has 0 bridgehead atoms. The van der Waals surface area contributed by atoms with Crippen molar-refractivity contribution in [3.8, 4) is 5.75 Å². The predicted octanol–water partition coefficient (Wildman–Crippen LogP) is 3.43. The van der Waals surface area contributed by atoms with Gasteiger partial charge in [0.15, 0.2) is 0 Å². The Balaban J connectivity index is 1.65. The van der Waals surface area contributed by atoms with E-state index in [1.165, 1.54) is 31.2 Å². The van der Waals surface area contributed by atoms with Crippen molar-refractivity contribution in [3.63, 3.8) is 0 Å². The molecular weight excluding hydrogens is 222 g/mol. The normalized spacial score (nSPS) is 23.0. The zero-order valence-corrected chi connectivity index (χ0v) is 10.8. The molecule has 1 N–H and O–H groups in total. The third kappa shape index (κ3) is 3.14.